The Bertz CT molecular complexity index is 690. The fraction of sp³-hybridized carbons (Fsp3) is 0.500. The summed E-state index contributed by atoms with van der Waals surface area (Å²) in [6.07, 6.45) is 3.04. The van der Waals surface area contributed by atoms with Crippen molar-refractivity contribution in [2.24, 2.45) is 5.41 Å². The average molecular weight is 288 g/mol. The van der Waals surface area contributed by atoms with Gasteiger partial charge in [-0.05, 0) is 31.5 Å². The number of fused-ring (bicyclic) bond motifs is 1. The Labute approximate surface area is 123 Å². The van der Waals surface area contributed by atoms with E-state index >= 15 is 0 Å². The molecule has 0 aliphatic heterocycles. The molecule has 2 atom stereocenters. The van der Waals surface area contributed by atoms with Gasteiger partial charge >= 0.3 is 5.97 Å². The van der Waals surface area contributed by atoms with Crippen LogP contribution in [0.5, 0.6) is 0 Å². The van der Waals surface area contributed by atoms with E-state index < -0.39 is 5.97 Å². The first-order valence-electron chi connectivity index (χ1n) is 7.26. The standard InChI is InChI=1S/C16H20N2O3/c1-4-21-14-8-13(16(14,2)3)18-9-17-11-7-10(15(19)20)5-6-12(11)18/h5-7,9,13-14H,4,8H2,1-3H3,(H,19,20). The molecule has 1 aliphatic rings. The lowest BCUT2D eigenvalue weighted by Crippen LogP contribution is -2.51. The van der Waals surface area contributed by atoms with Crippen LogP contribution in [0.15, 0.2) is 24.5 Å². The maximum Gasteiger partial charge on any atom is 0.335 e. The minimum atomic E-state index is -0.924. The molecule has 0 amide bonds. The second kappa shape index (κ2) is 4.84. The molecule has 1 heterocycles. The number of nitrogens with zero attached hydrogens (tertiary/aromatic N) is 2. The first kappa shape index (κ1) is 14.1. The lowest BCUT2D eigenvalue weighted by molar-refractivity contribution is -0.126. The van der Waals surface area contributed by atoms with Gasteiger partial charge in [-0.1, -0.05) is 13.8 Å². The van der Waals surface area contributed by atoms with Gasteiger partial charge in [0.05, 0.1) is 29.0 Å². The van der Waals surface area contributed by atoms with Gasteiger partial charge < -0.3 is 14.4 Å². The fourth-order valence-corrected chi connectivity index (χ4v) is 3.23. The largest absolute Gasteiger partial charge is 0.478 e. The first-order valence-corrected chi connectivity index (χ1v) is 7.26. The Morgan fingerprint density at radius 3 is 2.90 bits per heavy atom. The maximum atomic E-state index is 11.0. The minimum Gasteiger partial charge on any atom is -0.478 e. The third-order valence-electron chi connectivity index (χ3n) is 4.65. The Morgan fingerprint density at radius 2 is 2.29 bits per heavy atom. The van der Waals surface area contributed by atoms with E-state index in [9.17, 15) is 4.79 Å². The van der Waals surface area contributed by atoms with Crippen LogP contribution in [0.25, 0.3) is 11.0 Å². The SMILES string of the molecule is CCOC1CC(n2cnc3cc(C(=O)O)ccc32)C1(C)C. The van der Waals surface area contributed by atoms with Crippen LogP contribution >= 0.6 is 0 Å². The van der Waals surface area contributed by atoms with Gasteiger partial charge in [0.1, 0.15) is 0 Å². The summed E-state index contributed by atoms with van der Waals surface area (Å²) in [6.45, 7) is 7.16. The minimum absolute atomic E-state index is 0.0507. The molecule has 1 N–H and O–H groups in total. The summed E-state index contributed by atoms with van der Waals surface area (Å²) in [5.74, 6) is -0.924. The number of benzene rings is 1. The first-order chi connectivity index (χ1) is 9.95. The number of imidazole rings is 1. The molecule has 5 nitrogen and oxygen atoms in total. The van der Waals surface area contributed by atoms with E-state index in [1.807, 2.05) is 19.3 Å². The monoisotopic (exact) mass is 288 g/mol. The Morgan fingerprint density at radius 1 is 1.52 bits per heavy atom. The maximum absolute atomic E-state index is 11.0. The van der Waals surface area contributed by atoms with E-state index in [1.54, 1.807) is 12.1 Å². The molecule has 0 radical (unpaired) electrons. The quantitative estimate of drug-likeness (QED) is 0.939. The fourth-order valence-electron chi connectivity index (χ4n) is 3.23. The summed E-state index contributed by atoms with van der Waals surface area (Å²) >= 11 is 0. The third kappa shape index (κ3) is 2.12. The molecule has 5 heteroatoms. The smallest absolute Gasteiger partial charge is 0.335 e. The highest BCUT2D eigenvalue weighted by Gasteiger charge is 2.50. The van der Waals surface area contributed by atoms with Crippen molar-refractivity contribution in [3.05, 3.63) is 30.1 Å². The van der Waals surface area contributed by atoms with Crippen molar-refractivity contribution in [2.75, 3.05) is 6.61 Å². The van der Waals surface area contributed by atoms with E-state index in [1.165, 1.54) is 0 Å². The van der Waals surface area contributed by atoms with Gasteiger partial charge in [-0.2, -0.15) is 0 Å². The highest BCUT2D eigenvalue weighted by Crippen LogP contribution is 2.51. The molecule has 3 rings (SSSR count). The number of ether oxygens (including phenoxy) is 1. The van der Waals surface area contributed by atoms with Gasteiger partial charge in [-0.3, -0.25) is 0 Å². The molecule has 2 aromatic rings. The van der Waals surface area contributed by atoms with Crippen LogP contribution in [0.4, 0.5) is 0 Å². The number of hydrogen-bond donors (Lipinski definition) is 1. The average Bonchev–Trinajstić information content (AvgIpc) is 2.85. The molecule has 1 aromatic heterocycles. The predicted molar refractivity (Wildman–Crippen MR) is 79.5 cm³/mol. The molecule has 1 saturated carbocycles. The number of carbonyl (C=O) groups is 1. The normalized spacial score (nSPS) is 24.0. The Balaban J connectivity index is 1.94. The molecule has 0 spiro atoms. The summed E-state index contributed by atoms with van der Waals surface area (Å²) in [7, 11) is 0. The summed E-state index contributed by atoms with van der Waals surface area (Å²) in [5, 5.41) is 9.04. The third-order valence-corrected chi connectivity index (χ3v) is 4.65. The van der Waals surface area contributed by atoms with Crippen LogP contribution in [-0.4, -0.2) is 33.3 Å². The van der Waals surface area contributed by atoms with E-state index in [2.05, 4.69) is 23.4 Å². The molecule has 0 saturated heterocycles. The number of rotatable bonds is 4. The van der Waals surface area contributed by atoms with Crippen molar-refractivity contribution < 1.29 is 14.6 Å². The zero-order chi connectivity index (χ0) is 15.2. The Kier molecular flexibility index (Phi) is 3.24. The van der Waals surface area contributed by atoms with Gasteiger partial charge in [0.25, 0.3) is 0 Å². The van der Waals surface area contributed by atoms with Gasteiger partial charge in [0.15, 0.2) is 0 Å². The van der Waals surface area contributed by atoms with Crippen LogP contribution < -0.4 is 0 Å². The number of hydrogen-bond acceptors (Lipinski definition) is 3. The molecule has 1 fully saturated rings. The molecular formula is C16H20N2O3. The molecule has 0 bridgehead atoms. The van der Waals surface area contributed by atoms with Crippen LogP contribution in [0, 0.1) is 5.41 Å². The number of aromatic nitrogens is 2. The van der Waals surface area contributed by atoms with Crippen molar-refractivity contribution in [1.82, 2.24) is 9.55 Å². The van der Waals surface area contributed by atoms with Crippen LogP contribution in [0.3, 0.4) is 0 Å². The zero-order valence-corrected chi connectivity index (χ0v) is 12.5. The van der Waals surface area contributed by atoms with Crippen molar-refractivity contribution in [2.45, 2.75) is 39.3 Å². The highest BCUT2D eigenvalue weighted by atomic mass is 16.5. The van der Waals surface area contributed by atoms with Crippen molar-refractivity contribution in [3.63, 3.8) is 0 Å². The highest BCUT2D eigenvalue weighted by molar-refractivity contribution is 5.92. The van der Waals surface area contributed by atoms with E-state index in [0.29, 0.717) is 6.04 Å². The number of carboxylic acids is 1. The molecular weight excluding hydrogens is 268 g/mol. The molecule has 21 heavy (non-hydrogen) atoms. The molecule has 2 unspecified atom stereocenters. The van der Waals surface area contributed by atoms with Crippen molar-refractivity contribution >= 4 is 17.0 Å². The summed E-state index contributed by atoms with van der Waals surface area (Å²) in [4.78, 5) is 15.4. The zero-order valence-electron chi connectivity index (χ0n) is 12.5. The van der Waals surface area contributed by atoms with Crippen LogP contribution in [0.2, 0.25) is 0 Å². The summed E-state index contributed by atoms with van der Waals surface area (Å²) < 4.78 is 7.92. The summed E-state index contributed by atoms with van der Waals surface area (Å²) in [6, 6.07) is 5.43. The Hall–Kier alpha value is -1.88. The predicted octanol–water partition coefficient (Wildman–Crippen LogP) is 3.11. The molecule has 1 aliphatic carbocycles. The van der Waals surface area contributed by atoms with Gasteiger partial charge in [0, 0.05) is 18.1 Å². The van der Waals surface area contributed by atoms with Crippen molar-refractivity contribution in [3.8, 4) is 0 Å². The number of aromatic carboxylic acids is 1. The summed E-state index contributed by atoms with van der Waals surface area (Å²) in [5.41, 5.74) is 2.03. The van der Waals surface area contributed by atoms with Crippen LogP contribution in [0.1, 0.15) is 43.6 Å². The van der Waals surface area contributed by atoms with Gasteiger partial charge in [-0.15, -0.1) is 0 Å². The van der Waals surface area contributed by atoms with E-state index in [0.717, 1.165) is 24.1 Å². The van der Waals surface area contributed by atoms with Gasteiger partial charge in [0.2, 0.25) is 0 Å². The lowest BCUT2D eigenvalue weighted by atomic mass is 9.64. The second-order valence-corrected chi connectivity index (χ2v) is 6.18. The lowest BCUT2D eigenvalue weighted by Gasteiger charge is -2.52. The topological polar surface area (TPSA) is 64.4 Å². The van der Waals surface area contributed by atoms with Crippen LogP contribution in [-0.2, 0) is 4.74 Å². The van der Waals surface area contributed by atoms with E-state index in [-0.39, 0.29) is 17.1 Å². The van der Waals surface area contributed by atoms with Crippen molar-refractivity contribution in [1.29, 1.82) is 0 Å². The molecule has 1 aromatic carbocycles. The molecule has 112 valence electrons. The van der Waals surface area contributed by atoms with E-state index in [4.69, 9.17) is 9.84 Å². The number of carboxylic acid groups (broad SMARTS) is 1. The second-order valence-electron chi connectivity index (χ2n) is 6.18. The van der Waals surface area contributed by atoms with Gasteiger partial charge in [-0.25, -0.2) is 9.78 Å².